The van der Waals surface area contributed by atoms with E-state index >= 15 is 0 Å². The summed E-state index contributed by atoms with van der Waals surface area (Å²) >= 11 is 6.02. The van der Waals surface area contributed by atoms with Crippen LogP contribution in [0.15, 0.2) is 84.4 Å². The third-order valence-electron chi connectivity index (χ3n) is 5.32. The van der Waals surface area contributed by atoms with Crippen molar-refractivity contribution in [2.75, 3.05) is 23.9 Å². The minimum Gasteiger partial charge on any atom is -0.507 e. The minimum absolute atomic E-state index is 0.0590. The first-order valence-electron chi connectivity index (χ1n) is 9.78. The van der Waals surface area contributed by atoms with Crippen LogP contribution in [0.25, 0.3) is 5.76 Å². The zero-order valence-electron chi connectivity index (χ0n) is 17.1. The van der Waals surface area contributed by atoms with Gasteiger partial charge in [-0.15, -0.1) is 0 Å². The van der Waals surface area contributed by atoms with Crippen LogP contribution >= 0.6 is 11.6 Å². The first kappa shape index (κ1) is 20.7. The number of carbonyl (C=O) groups is 2. The van der Waals surface area contributed by atoms with Crippen LogP contribution in [-0.2, 0) is 9.59 Å². The summed E-state index contributed by atoms with van der Waals surface area (Å²) in [7, 11) is 3.87. The maximum atomic E-state index is 13.1. The largest absolute Gasteiger partial charge is 0.507 e. The number of halogens is 1. The maximum absolute atomic E-state index is 13.1. The van der Waals surface area contributed by atoms with Gasteiger partial charge in [0.05, 0.1) is 11.6 Å². The Balaban J connectivity index is 1.92. The van der Waals surface area contributed by atoms with Gasteiger partial charge in [-0.05, 0) is 42.0 Å². The van der Waals surface area contributed by atoms with Crippen molar-refractivity contribution in [1.82, 2.24) is 0 Å². The Morgan fingerprint density at radius 2 is 1.52 bits per heavy atom. The predicted molar refractivity (Wildman–Crippen MR) is 123 cm³/mol. The molecule has 1 atom stereocenters. The highest BCUT2D eigenvalue weighted by Crippen LogP contribution is 2.42. The molecule has 0 spiro atoms. The van der Waals surface area contributed by atoms with Crippen molar-refractivity contribution in [2.24, 2.45) is 0 Å². The highest BCUT2D eigenvalue weighted by Gasteiger charge is 2.46. The molecule has 0 bridgehead atoms. The average Bonchev–Trinajstić information content (AvgIpc) is 3.05. The van der Waals surface area contributed by atoms with E-state index in [0.717, 1.165) is 11.3 Å². The van der Waals surface area contributed by atoms with Crippen LogP contribution in [0.2, 0.25) is 5.02 Å². The molecule has 1 saturated heterocycles. The molecule has 3 aromatic rings. The summed E-state index contributed by atoms with van der Waals surface area (Å²) in [5.41, 5.74) is 2.77. The average molecular weight is 433 g/mol. The number of hydrogen-bond acceptors (Lipinski definition) is 4. The monoisotopic (exact) mass is 432 g/mol. The Labute approximate surface area is 185 Å². The molecule has 1 heterocycles. The lowest BCUT2D eigenvalue weighted by Gasteiger charge is -2.26. The molecule has 156 valence electrons. The van der Waals surface area contributed by atoms with Crippen LogP contribution in [0, 0.1) is 0 Å². The van der Waals surface area contributed by atoms with Gasteiger partial charge in [0.2, 0.25) is 0 Å². The van der Waals surface area contributed by atoms with Crippen LogP contribution < -0.4 is 9.80 Å². The lowest BCUT2D eigenvalue weighted by atomic mass is 9.95. The Kier molecular flexibility index (Phi) is 5.53. The van der Waals surface area contributed by atoms with E-state index in [1.54, 1.807) is 48.5 Å². The van der Waals surface area contributed by atoms with Gasteiger partial charge < -0.3 is 10.0 Å². The maximum Gasteiger partial charge on any atom is 0.300 e. The Morgan fingerprint density at radius 1 is 0.903 bits per heavy atom. The Hall–Kier alpha value is -3.57. The van der Waals surface area contributed by atoms with Crippen LogP contribution in [0.4, 0.5) is 11.4 Å². The van der Waals surface area contributed by atoms with Crippen LogP contribution in [0.5, 0.6) is 0 Å². The van der Waals surface area contributed by atoms with Gasteiger partial charge in [-0.1, -0.05) is 54.1 Å². The topological polar surface area (TPSA) is 60.9 Å². The van der Waals surface area contributed by atoms with Crippen molar-refractivity contribution in [2.45, 2.75) is 6.04 Å². The first-order valence-corrected chi connectivity index (χ1v) is 10.2. The number of aliphatic hydroxyl groups is 1. The van der Waals surface area contributed by atoms with E-state index in [9.17, 15) is 14.7 Å². The van der Waals surface area contributed by atoms with E-state index in [2.05, 4.69) is 0 Å². The molecule has 6 heteroatoms. The molecule has 1 aliphatic heterocycles. The molecule has 5 nitrogen and oxygen atoms in total. The highest BCUT2D eigenvalue weighted by molar-refractivity contribution is 6.51. The predicted octanol–water partition coefficient (Wildman–Crippen LogP) is 5.03. The number of amides is 1. The van der Waals surface area contributed by atoms with Gasteiger partial charge in [0, 0.05) is 36.1 Å². The van der Waals surface area contributed by atoms with E-state index in [0.29, 0.717) is 16.3 Å². The van der Waals surface area contributed by atoms with Gasteiger partial charge in [-0.3, -0.25) is 14.5 Å². The Morgan fingerprint density at radius 3 is 2.10 bits per heavy atom. The van der Waals surface area contributed by atoms with Gasteiger partial charge >= 0.3 is 0 Å². The quantitative estimate of drug-likeness (QED) is 0.357. The molecule has 3 aromatic carbocycles. The second-order valence-corrected chi connectivity index (χ2v) is 7.93. The summed E-state index contributed by atoms with van der Waals surface area (Å²) in [5.74, 6) is -1.61. The molecule has 1 amide bonds. The normalized spacial score (nSPS) is 17.8. The van der Waals surface area contributed by atoms with Gasteiger partial charge in [0.1, 0.15) is 5.76 Å². The fourth-order valence-electron chi connectivity index (χ4n) is 3.72. The van der Waals surface area contributed by atoms with E-state index in [1.807, 2.05) is 49.3 Å². The summed E-state index contributed by atoms with van der Waals surface area (Å²) < 4.78 is 0. The van der Waals surface area contributed by atoms with Crippen LogP contribution in [-0.4, -0.2) is 30.9 Å². The summed E-state index contributed by atoms with van der Waals surface area (Å²) in [4.78, 5) is 29.5. The SMILES string of the molecule is CN(C)c1ccc(C2C(=C(O)c3ccccc3)C(=O)C(=O)N2c2ccc(Cl)cc2)cc1. The van der Waals surface area contributed by atoms with Crippen molar-refractivity contribution in [3.05, 3.63) is 101 Å². The van der Waals surface area contributed by atoms with E-state index in [4.69, 9.17) is 11.6 Å². The summed E-state index contributed by atoms with van der Waals surface area (Å²) in [5, 5.41) is 11.6. The zero-order valence-corrected chi connectivity index (χ0v) is 17.9. The fraction of sp³-hybridized carbons (Fsp3) is 0.120. The van der Waals surface area contributed by atoms with Crippen molar-refractivity contribution >= 4 is 40.4 Å². The zero-order chi connectivity index (χ0) is 22.1. The highest BCUT2D eigenvalue weighted by atomic mass is 35.5. The van der Waals surface area contributed by atoms with Crippen molar-refractivity contribution < 1.29 is 14.7 Å². The molecule has 0 radical (unpaired) electrons. The molecule has 0 aliphatic carbocycles. The molecule has 4 rings (SSSR count). The van der Waals surface area contributed by atoms with Crippen LogP contribution in [0.1, 0.15) is 17.2 Å². The number of aliphatic hydroxyl groups excluding tert-OH is 1. The van der Waals surface area contributed by atoms with Crippen molar-refractivity contribution in [1.29, 1.82) is 0 Å². The number of Topliss-reactive ketones (excluding diaryl/α,β-unsaturated/α-hetero) is 1. The summed E-state index contributed by atoms with van der Waals surface area (Å²) in [6, 6.07) is 22.3. The standard InChI is InChI=1S/C25H21ClN2O3/c1-27(2)19-12-8-16(9-13-19)22-21(23(29)17-6-4-3-5-7-17)24(30)25(31)28(22)20-14-10-18(26)11-15-20/h3-15,22,29H,1-2H3. The van der Waals surface area contributed by atoms with Gasteiger partial charge in [0.15, 0.2) is 0 Å². The third kappa shape index (κ3) is 3.80. The minimum atomic E-state index is -0.766. The molecule has 1 fully saturated rings. The molecule has 0 aromatic heterocycles. The van der Waals surface area contributed by atoms with Crippen LogP contribution in [0.3, 0.4) is 0 Å². The lowest BCUT2D eigenvalue weighted by Crippen LogP contribution is -2.29. The molecule has 1 N–H and O–H groups in total. The number of hydrogen-bond donors (Lipinski definition) is 1. The van der Waals surface area contributed by atoms with E-state index in [1.165, 1.54) is 4.90 Å². The summed E-state index contributed by atoms with van der Waals surface area (Å²) in [6.07, 6.45) is 0. The molecular weight excluding hydrogens is 412 g/mol. The molecule has 1 aliphatic rings. The number of carbonyl (C=O) groups excluding carboxylic acids is 2. The number of benzene rings is 3. The van der Waals surface area contributed by atoms with Gasteiger partial charge in [-0.2, -0.15) is 0 Å². The lowest BCUT2D eigenvalue weighted by molar-refractivity contribution is -0.132. The molecule has 31 heavy (non-hydrogen) atoms. The molecular formula is C25H21ClN2O3. The molecule has 1 unspecified atom stereocenters. The number of nitrogens with zero attached hydrogens (tertiary/aromatic N) is 2. The van der Waals surface area contributed by atoms with Gasteiger partial charge in [0.25, 0.3) is 11.7 Å². The Bertz CT molecular complexity index is 1150. The van der Waals surface area contributed by atoms with E-state index < -0.39 is 17.7 Å². The molecule has 0 saturated carbocycles. The second kappa shape index (κ2) is 8.28. The van der Waals surface area contributed by atoms with Crippen molar-refractivity contribution in [3.63, 3.8) is 0 Å². The number of rotatable bonds is 4. The fourth-order valence-corrected chi connectivity index (χ4v) is 3.85. The third-order valence-corrected chi connectivity index (χ3v) is 5.57. The second-order valence-electron chi connectivity index (χ2n) is 7.50. The van der Waals surface area contributed by atoms with Crippen molar-refractivity contribution in [3.8, 4) is 0 Å². The van der Waals surface area contributed by atoms with Gasteiger partial charge in [-0.25, -0.2) is 0 Å². The first-order chi connectivity index (χ1) is 14.9. The smallest absolute Gasteiger partial charge is 0.300 e. The summed E-state index contributed by atoms with van der Waals surface area (Å²) in [6.45, 7) is 0. The number of anilines is 2. The number of ketones is 1. The van der Waals surface area contributed by atoms with E-state index in [-0.39, 0.29) is 11.3 Å².